The molecule has 0 unspecified atom stereocenters. The van der Waals surface area contributed by atoms with Gasteiger partial charge in [-0.15, -0.1) is 0 Å². The van der Waals surface area contributed by atoms with Crippen LogP contribution in [0.1, 0.15) is 39.2 Å². The van der Waals surface area contributed by atoms with E-state index in [0.717, 1.165) is 11.1 Å². The number of ether oxygens (including phenoxy) is 6. The highest BCUT2D eigenvalue weighted by molar-refractivity contribution is 5.75. The fraction of sp³-hybridized carbons (Fsp3) is 0.609. The Morgan fingerprint density at radius 2 is 1.97 bits per heavy atom. The summed E-state index contributed by atoms with van der Waals surface area (Å²) in [6, 6.07) is 10.0. The summed E-state index contributed by atoms with van der Waals surface area (Å²) in [6.07, 6.45) is 1.27. The monoisotopic (exact) mass is 418 g/mol. The highest BCUT2D eigenvalue weighted by atomic mass is 16.8. The Morgan fingerprint density at radius 3 is 2.73 bits per heavy atom. The van der Waals surface area contributed by atoms with Crippen LogP contribution in [0.4, 0.5) is 0 Å². The quantitative estimate of drug-likeness (QED) is 0.498. The summed E-state index contributed by atoms with van der Waals surface area (Å²) < 4.78 is 35.2. The van der Waals surface area contributed by atoms with Gasteiger partial charge < -0.3 is 28.4 Å². The molecule has 0 bridgehead atoms. The maximum absolute atomic E-state index is 12.0. The van der Waals surface area contributed by atoms with Crippen molar-refractivity contribution in [3.8, 4) is 0 Å². The first-order chi connectivity index (χ1) is 14.4. The number of hydrogen-bond donors (Lipinski definition) is 0. The van der Waals surface area contributed by atoms with Crippen molar-refractivity contribution in [2.75, 3.05) is 13.2 Å². The van der Waals surface area contributed by atoms with Gasteiger partial charge in [0.25, 0.3) is 0 Å². The molecule has 164 valence electrons. The Kier molecular flexibility index (Phi) is 6.55. The lowest BCUT2D eigenvalue weighted by atomic mass is 10.0. The fourth-order valence-electron chi connectivity index (χ4n) is 4.14. The summed E-state index contributed by atoms with van der Waals surface area (Å²) in [5.74, 6) is -1.07. The van der Waals surface area contributed by atoms with E-state index in [1.165, 1.54) is 0 Å². The summed E-state index contributed by atoms with van der Waals surface area (Å²) in [5, 5.41) is 0. The predicted molar refractivity (Wildman–Crippen MR) is 107 cm³/mol. The molecule has 1 aromatic carbocycles. The van der Waals surface area contributed by atoms with Crippen LogP contribution < -0.4 is 0 Å². The molecule has 0 aromatic heterocycles. The highest BCUT2D eigenvalue weighted by Gasteiger charge is 2.50. The van der Waals surface area contributed by atoms with Crippen molar-refractivity contribution in [1.82, 2.24) is 0 Å². The number of fused-ring (bicyclic) bond motifs is 1. The van der Waals surface area contributed by atoms with Crippen LogP contribution in [0.5, 0.6) is 0 Å². The van der Waals surface area contributed by atoms with Gasteiger partial charge in [-0.1, -0.05) is 36.4 Å². The lowest BCUT2D eigenvalue weighted by Crippen LogP contribution is -2.39. The molecule has 1 aromatic rings. The molecule has 4 rings (SSSR count). The van der Waals surface area contributed by atoms with E-state index in [1.54, 1.807) is 6.92 Å². The minimum absolute atomic E-state index is 0.228. The van der Waals surface area contributed by atoms with Gasteiger partial charge in [0.1, 0.15) is 12.2 Å². The minimum Gasteiger partial charge on any atom is -0.464 e. The fourth-order valence-corrected chi connectivity index (χ4v) is 4.14. The molecular formula is C23H30O7. The van der Waals surface area contributed by atoms with Crippen LogP contribution in [0.2, 0.25) is 0 Å². The van der Waals surface area contributed by atoms with Crippen molar-refractivity contribution < 1.29 is 33.2 Å². The number of rotatable bonds is 7. The van der Waals surface area contributed by atoms with E-state index < -0.39 is 18.2 Å². The smallest absolute Gasteiger partial charge is 0.335 e. The summed E-state index contributed by atoms with van der Waals surface area (Å²) in [5.41, 5.74) is 2.15. The number of benzene rings is 1. The first-order valence-electron chi connectivity index (χ1n) is 10.6. The molecule has 0 N–H and O–H groups in total. The van der Waals surface area contributed by atoms with Gasteiger partial charge in [0.05, 0.1) is 25.9 Å². The molecule has 2 saturated heterocycles. The standard InChI is InChI=1S/C23H30O7/c1-4-26-21(24)17-11-10-16-12-18(28-22(16)27-17)20-19(29-23(2,3)30-20)14-25-13-15-8-6-5-7-9-15/h5-10,17-20,22H,4,11-14H2,1-3H3/t17-,18-,19-,20-,22-/m0/s1. The minimum atomic E-state index is -0.717. The highest BCUT2D eigenvalue weighted by Crippen LogP contribution is 2.40. The van der Waals surface area contributed by atoms with Crippen molar-refractivity contribution in [2.45, 2.75) is 76.7 Å². The van der Waals surface area contributed by atoms with E-state index in [9.17, 15) is 4.79 Å². The summed E-state index contributed by atoms with van der Waals surface area (Å²) >= 11 is 0. The van der Waals surface area contributed by atoms with Gasteiger partial charge in [0.2, 0.25) is 0 Å². The molecule has 30 heavy (non-hydrogen) atoms. The Labute approximate surface area is 177 Å². The van der Waals surface area contributed by atoms with E-state index >= 15 is 0 Å². The zero-order chi connectivity index (χ0) is 21.1. The predicted octanol–water partition coefficient (Wildman–Crippen LogP) is 3.12. The van der Waals surface area contributed by atoms with Gasteiger partial charge in [-0.2, -0.15) is 0 Å². The second-order valence-corrected chi connectivity index (χ2v) is 8.24. The van der Waals surface area contributed by atoms with E-state index in [4.69, 9.17) is 28.4 Å². The number of esters is 1. The van der Waals surface area contributed by atoms with Gasteiger partial charge in [-0.3, -0.25) is 0 Å². The first kappa shape index (κ1) is 21.5. The number of carbonyl (C=O) groups excluding carboxylic acids is 1. The Hall–Kier alpha value is -1.77. The molecule has 5 atom stereocenters. The number of hydrogen-bond acceptors (Lipinski definition) is 7. The van der Waals surface area contributed by atoms with Crippen molar-refractivity contribution in [3.63, 3.8) is 0 Å². The van der Waals surface area contributed by atoms with E-state index in [1.807, 2.05) is 50.3 Å². The molecule has 7 heteroatoms. The van der Waals surface area contributed by atoms with Crippen molar-refractivity contribution >= 4 is 5.97 Å². The molecule has 2 fully saturated rings. The molecular weight excluding hydrogens is 388 g/mol. The van der Waals surface area contributed by atoms with Crippen molar-refractivity contribution in [1.29, 1.82) is 0 Å². The Bertz CT molecular complexity index is 760. The van der Waals surface area contributed by atoms with Crippen molar-refractivity contribution in [3.05, 3.63) is 47.5 Å². The summed E-state index contributed by atoms with van der Waals surface area (Å²) in [4.78, 5) is 12.0. The van der Waals surface area contributed by atoms with Crippen molar-refractivity contribution in [2.24, 2.45) is 0 Å². The first-order valence-corrected chi connectivity index (χ1v) is 10.6. The van der Waals surface area contributed by atoms with Crippen LogP contribution in [0.3, 0.4) is 0 Å². The number of carbonyl (C=O) groups is 1. The van der Waals surface area contributed by atoms with E-state index in [-0.39, 0.29) is 24.3 Å². The van der Waals surface area contributed by atoms with E-state index in [0.29, 0.717) is 32.7 Å². The third-order valence-electron chi connectivity index (χ3n) is 5.45. The maximum Gasteiger partial charge on any atom is 0.335 e. The molecule has 3 heterocycles. The lowest BCUT2D eigenvalue weighted by molar-refractivity contribution is -0.199. The molecule has 0 amide bonds. The van der Waals surface area contributed by atoms with E-state index in [2.05, 4.69) is 0 Å². The zero-order valence-corrected chi connectivity index (χ0v) is 17.7. The van der Waals surface area contributed by atoms with Crippen LogP contribution in [0, 0.1) is 0 Å². The van der Waals surface area contributed by atoms with Crippen LogP contribution in [0.25, 0.3) is 0 Å². The van der Waals surface area contributed by atoms with Crippen LogP contribution >= 0.6 is 0 Å². The zero-order valence-electron chi connectivity index (χ0n) is 17.7. The van der Waals surface area contributed by atoms with Gasteiger partial charge in [0.15, 0.2) is 18.2 Å². The molecule has 3 aliphatic rings. The molecule has 7 nitrogen and oxygen atoms in total. The molecule has 0 spiro atoms. The average Bonchev–Trinajstić information content (AvgIpc) is 3.28. The lowest BCUT2D eigenvalue weighted by Gasteiger charge is -2.26. The largest absolute Gasteiger partial charge is 0.464 e. The molecule has 0 radical (unpaired) electrons. The van der Waals surface area contributed by atoms with Crippen LogP contribution in [0.15, 0.2) is 42.0 Å². The summed E-state index contributed by atoms with van der Waals surface area (Å²) in [7, 11) is 0. The van der Waals surface area contributed by atoms with Gasteiger partial charge in [0, 0.05) is 12.8 Å². The molecule has 0 saturated carbocycles. The molecule has 3 aliphatic heterocycles. The normalized spacial score (nSPS) is 32.5. The third-order valence-corrected chi connectivity index (χ3v) is 5.45. The second-order valence-electron chi connectivity index (χ2n) is 8.24. The van der Waals surface area contributed by atoms with Gasteiger partial charge in [-0.05, 0) is 31.9 Å². The average molecular weight is 418 g/mol. The topological polar surface area (TPSA) is 72.5 Å². The second kappa shape index (κ2) is 9.16. The van der Waals surface area contributed by atoms with Crippen LogP contribution in [-0.2, 0) is 39.8 Å². The Balaban J connectivity index is 1.36. The van der Waals surface area contributed by atoms with Gasteiger partial charge >= 0.3 is 5.97 Å². The molecule has 0 aliphatic carbocycles. The van der Waals surface area contributed by atoms with Crippen LogP contribution in [-0.4, -0.2) is 55.7 Å². The van der Waals surface area contributed by atoms with Gasteiger partial charge in [-0.25, -0.2) is 4.79 Å². The third kappa shape index (κ3) is 4.92. The maximum atomic E-state index is 12.0. The summed E-state index contributed by atoms with van der Waals surface area (Å²) in [6.45, 7) is 6.81. The SMILES string of the molecule is CCOC(=O)[C@@H]1CC=C2C[C@@H]([C@@H]3OC(C)(C)O[C@H]3COCc3ccccc3)O[C@@H]2O1. The Morgan fingerprint density at radius 1 is 1.17 bits per heavy atom.